The molecule has 2 fully saturated rings. The van der Waals surface area contributed by atoms with Gasteiger partial charge in [-0.25, -0.2) is 4.98 Å². The Kier molecular flexibility index (Phi) is 4.51. The van der Waals surface area contributed by atoms with E-state index in [0.29, 0.717) is 17.7 Å². The number of imidazole rings is 1. The third-order valence-corrected chi connectivity index (χ3v) is 5.85. The second kappa shape index (κ2) is 7.30. The molecule has 1 aliphatic carbocycles. The van der Waals surface area contributed by atoms with E-state index in [1.807, 2.05) is 36.7 Å². The monoisotopic (exact) mass is 375 g/mol. The lowest BCUT2D eigenvalue weighted by molar-refractivity contribution is -0.134. The number of benzene rings is 1. The number of hydrogen-bond donors (Lipinski definition) is 0. The average molecular weight is 375 g/mol. The minimum atomic E-state index is 0.301. The van der Waals surface area contributed by atoms with Gasteiger partial charge in [0.1, 0.15) is 5.69 Å². The molecule has 1 saturated carbocycles. The summed E-state index contributed by atoms with van der Waals surface area (Å²) in [4.78, 5) is 19.3. The molecule has 0 unspecified atom stereocenters. The van der Waals surface area contributed by atoms with Crippen molar-refractivity contribution in [3.8, 4) is 22.7 Å². The Hall–Kier alpha value is -2.82. The van der Waals surface area contributed by atoms with Gasteiger partial charge in [0.05, 0.1) is 18.3 Å². The Bertz CT molecular complexity index is 942. The van der Waals surface area contributed by atoms with Gasteiger partial charge in [0, 0.05) is 31.1 Å². The van der Waals surface area contributed by atoms with Crippen LogP contribution in [0.15, 0.2) is 59.5 Å². The molecule has 5 nitrogen and oxygen atoms in total. The fraction of sp³-hybridized carbons (Fsp3) is 0.391. The number of aromatic nitrogens is 2. The Balaban J connectivity index is 1.42. The third-order valence-electron chi connectivity index (χ3n) is 5.85. The van der Waals surface area contributed by atoms with Gasteiger partial charge in [-0.1, -0.05) is 30.3 Å². The zero-order chi connectivity index (χ0) is 18.9. The number of rotatable bonds is 5. The van der Waals surface area contributed by atoms with E-state index in [0.717, 1.165) is 68.0 Å². The molecule has 1 aliphatic heterocycles. The lowest BCUT2D eigenvalue weighted by Crippen LogP contribution is -2.41. The highest BCUT2D eigenvalue weighted by Crippen LogP contribution is 2.34. The van der Waals surface area contributed by atoms with Crippen LogP contribution in [0.3, 0.4) is 0 Å². The zero-order valence-corrected chi connectivity index (χ0v) is 16.0. The fourth-order valence-corrected chi connectivity index (χ4v) is 4.28. The van der Waals surface area contributed by atoms with Crippen LogP contribution in [0.1, 0.15) is 25.7 Å². The van der Waals surface area contributed by atoms with Gasteiger partial charge in [0.25, 0.3) is 0 Å². The van der Waals surface area contributed by atoms with Crippen LogP contribution < -0.4 is 0 Å². The number of carbonyl (C=O) groups excluding carboxylic acids is 1. The first-order valence-electron chi connectivity index (χ1n) is 10.2. The van der Waals surface area contributed by atoms with Crippen LogP contribution in [0.5, 0.6) is 0 Å². The molecule has 5 rings (SSSR count). The van der Waals surface area contributed by atoms with Crippen LogP contribution in [0.2, 0.25) is 0 Å². The Morgan fingerprint density at radius 3 is 2.71 bits per heavy atom. The van der Waals surface area contributed by atoms with Crippen LogP contribution in [0.25, 0.3) is 22.7 Å². The first kappa shape index (κ1) is 17.3. The number of nitrogens with zero attached hydrogens (tertiary/aromatic N) is 3. The van der Waals surface area contributed by atoms with E-state index >= 15 is 0 Å². The van der Waals surface area contributed by atoms with E-state index in [1.165, 1.54) is 0 Å². The van der Waals surface area contributed by atoms with Gasteiger partial charge in [-0.05, 0) is 43.7 Å². The summed E-state index contributed by atoms with van der Waals surface area (Å²) in [6.07, 6.45) is 8.00. The summed E-state index contributed by atoms with van der Waals surface area (Å²) in [5.41, 5.74) is 3.04. The summed E-state index contributed by atoms with van der Waals surface area (Å²) in [5, 5.41) is 0. The van der Waals surface area contributed by atoms with E-state index < -0.39 is 0 Å². The SMILES string of the molecule is O=C(C1CC1)N1CCC[C@H](Cn2cnc(-c3ccccc3)c2-c2ccco2)C1. The lowest BCUT2D eigenvalue weighted by Gasteiger charge is -2.33. The van der Waals surface area contributed by atoms with Crippen LogP contribution >= 0.6 is 0 Å². The lowest BCUT2D eigenvalue weighted by atomic mass is 9.97. The number of hydrogen-bond acceptors (Lipinski definition) is 3. The number of amides is 1. The van der Waals surface area contributed by atoms with Crippen molar-refractivity contribution in [2.45, 2.75) is 32.2 Å². The zero-order valence-electron chi connectivity index (χ0n) is 16.0. The largest absolute Gasteiger partial charge is 0.463 e. The summed E-state index contributed by atoms with van der Waals surface area (Å²) in [7, 11) is 0. The highest BCUT2D eigenvalue weighted by atomic mass is 16.3. The van der Waals surface area contributed by atoms with Crippen LogP contribution in [0, 0.1) is 11.8 Å². The molecular weight excluding hydrogens is 350 g/mol. The van der Waals surface area contributed by atoms with Crippen molar-refractivity contribution in [2.24, 2.45) is 11.8 Å². The maximum Gasteiger partial charge on any atom is 0.225 e. The summed E-state index contributed by atoms with van der Waals surface area (Å²) in [6.45, 7) is 2.62. The molecule has 0 N–H and O–H groups in total. The van der Waals surface area contributed by atoms with Crippen molar-refractivity contribution in [3.63, 3.8) is 0 Å². The normalized spacial score (nSPS) is 19.7. The Labute approximate surface area is 165 Å². The van der Waals surface area contributed by atoms with Gasteiger partial charge in [-0.15, -0.1) is 0 Å². The van der Waals surface area contributed by atoms with Gasteiger partial charge in [-0.2, -0.15) is 0 Å². The molecule has 1 aromatic carbocycles. The number of piperidine rings is 1. The second-order valence-corrected chi connectivity index (χ2v) is 8.00. The second-order valence-electron chi connectivity index (χ2n) is 8.00. The summed E-state index contributed by atoms with van der Waals surface area (Å²) < 4.78 is 7.95. The van der Waals surface area contributed by atoms with Crippen molar-refractivity contribution in [1.29, 1.82) is 0 Å². The van der Waals surface area contributed by atoms with Crippen LogP contribution in [-0.2, 0) is 11.3 Å². The first-order valence-corrected chi connectivity index (χ1v) is 10.2. The predicted octanol–water partition coefficient (Wildman–Crippen LogP) is 4.46. The average Bonchev–Trinajstić information content (AvgIpc) is 3.29. The quantitative estimate of drug-likeness (QED) is 0.662. The molecule has 5 heteroatoms. The molecule has 28 heavy (non-hydrogen) atoms. The predicted molar refractivity (Wildman–Crippen MR) is 107 cm³/mol. The van der Waals surface area contributed by atoms with Crippen molar-refractivity contribution in [1.82, 2.24) is 14.5 Å². The van der Waals surface area contributed by atoms with Gasteiger partial charge >= 0.3 is 0 Å². The van der Waals surface area contributed by atoms with Gasteiger partial charge in [0.15, 0.2) is 5.76 Å². The van der Waals surface area contributed by atoms with Crippen molar-refractivity contribution < 1.29 is 9.21 Å². The van der Waals surface area contributed by atoms with E-state index in [1.54, 1.807) is 6.26 Å². The van der Waals surface area contributed by atoms with Crippen LogP contribution in [-0.4, -0.2) is 33.4 Å². The number of furan rings is 1. The highest BCUT2D eigenvalue weighted by molar-refractivity contribution is 5.81. The summed E-state index contributed by atoms with van der Waals surface area (Å²) in [5.74, 6) is 1.95. The molecule has 0 bridgehead atoms. The summed E-state index contributed by atoms with van der Waals surface area (Å²) >= 11 is 0. The molecule has 2 aliphatic rings. The van der Waals surface area contributed by atoms with Gasteiger partial charge in [0.2, 0.25) is 5.91 Å². The maximum atomic E-state index is 12.5. The molecule has 3 aromatic rings. The Morgan fingerprint density at radius 1 is 1.11 bits per heavy atom. The highest BCUT2D eigenvalue weighted by Gasteiger charge is 2.35. The molecule has 2 aromatic heterocycles. The molecule has 1 atom stereocenters. The van der Waals surface area contributed by atoms with E-state index in [-0.39, 0.29) is 0 Å². The summed E-state index contributed by atoms with van der Waals surface area (Å²) in [6, 6.07) is 14.1. The van der Waals surface area contributed by atoms with E-state index in [2.05, 4.69) is 21.6 Å². The van der Waals surface area contributed by atoms with E-state index in [4.69, 9.17) is 9.40 Å². The van der Waals surface area contributed by atoms with E-state index in [9.17, 15) is 4.79 Å². The molecule has 0 spiro atoms. The topological polar surface area (TPSA) is 51.3 Å². The Morgan fingerprint density at radius 2 is 1.96 bits per heavy atom. The third kappa shape index (κ3) is 3.37. The van der Waals surface area contributed by atoms with Crippen molar-refractivity contribution in [2.75, 3.05) is 13.1 Å². The molecule has 144 valence electrons. The first-order chi connectivity index (χ1) is 13.8. The molecule has 3 heterocycles. The molecule has 1 amide bonds. The minimum Gasteiger partial charge on any atom is -0.463 e. The number of carbonyl (C=O) groups is 1. The van der Waals surface area contributed by atoms with Crippen LogP contribution in [0.4, 0.5) is 0 Å². The molecular formula is C23H25N3O2. The fourth-order valence-electron chi connectivity index (χ4n) is 4.28. The maximum absolute atomic E-state index is 12.5. The van der Waals surface area contributed by atoms with Crippen molar-refractivity contribution in [3.05, 3.63) is 55.1 Å². The molecule has 0 radical (unpaired) electrons. The van der Waals surface area contributed by atoms with Gasteiger partial charge < -0.3 is 13.9 Å². The smallest absolute Gasteiger partial charge is 0.225 e. The number of likely N-dealkylation sites (tertiary alicyclic amines) is 1. The van der Waals surface area contributed by atoms with Gasteiger partial charge in [-0.3, -0.25) is 4.79 Å². The minimum absolute atomic E-state index is 0.301. The molecule has 1 saturated heterocycles. The standard InChI is InChI=1S/C23H25N3O2/c27-23(19-10-11-19)25-12-4-6-17(14-25)15-26-16-24-21(18-7-2-1-3-8-18)22(26)20-9-5-13-28-20/h1-3,5,7-9,13,16-17,19H,4,6,10-12,14-15H2/t17-/m0/s1. The van der Waals surface area contributed by atoms with Crippen molar-refractivity contribution >= 4 is 5.91 Å².